The number of carbonyl (C=O) groups is 1. The van der Waals surface area contributed by atoms with Crippen molar-refractivity contribution in [2.45, 2.75) is 19.8 Å². The van der Waals surface area contributed by atoms with Crippen molar-refractivity contribution in [1.82, 2.24) is 4.90 Å². The number of anilines is 1. The van der Waals surface area contributed by atoms with Gasteiger partial charge in [-0.15, -0.1) is 0 Å². The summed E-state index contributed by atoms with van der Waals surface area (Å²) in [5.74, 6) is 0.339. The van der Waals surface area contributed by atoms with Crippen molar-refractivity contribution in [3.05, 3.63) is 30.1 Å². The topological polar surface area (TPSA) is 32.3 Å². The smallest absolute Gasteiger partial charge is 0.238 e. The van der Waals surface area contributed by atoms with Crippen LogP contribution in [0.4, 0.5) is 10.1 Å². The molecule has 0 saturated carbocycles. The molecule has 1 aliphatic heterocycles. The summed E-state index contributed by atoms with van der Waals surface area (Å²) in [6, 6.07) is 5.84. The Bertz CT molecular complexity index is 405. The molecule has 0 spiro atoms. The van der Waals surface area contributed by atoms with Crippen LogP contribution in [0.15, 0.2) is 24.3 Å². The number of carbonyl (C=O) groups excluding carboxylic acids is 1. The molecule has 0 aliphatic carbocycles. The normalized spacial score (nSPS) is 20.7. The highest BCUT2D eigenvalue weighted by Crippen LogP contribution is 2.15. The van der Waals surface area contributed by atoms with Gasteiger partial charge < -0.3 is 5.32 Å². The summed E-state index contributed by atoms with van der Waals surface area (Å²) in [7, 11) is 0. The first kappa shape index (κ1) is 13.0. The number of nitrogens with zero attached hydrogens (tertiary/aromatic N) is 1. The molecule has 3 nitrogen and oxygen atoms in total. The van der Waals surface area contributed by atoms with Crippen LogP contribution in [0.25, 0.3) is 0 Å². The van der Waals surface area contributed by atoms with Crippen molar-refractivity contribution in [2.75, 3.05) is 25.0 Å². The van der Waals surface area contributed by atoms with Crippen LogP contribution in [0.5, 0.6) is 0 Å². The highest BCUT2D eigenvalue weighted by molar-refractivity contribution is 5.92. The zero-order chi connectivity index (χ0) is 13.0. The molecule has 4 heteroatoms. The molecule has 2 rings (SSSR count). The third-order valence-electron chi connectivity index (χ3n) is 3.24. The maximum absolute atomic E-state index is 12.7. The number of rotatable bonds is 3. The van der Waals surface area contributed by atoms with Crippen LogP contribution in [0.1, 0.15) is 19.8 Å². The quantitative estimate of drug-likeness (QED) is 0.894. The lowest BCUT2D eigenvalue weighted by molar-refractivity contribution is -0.117. The van der Waals surface area contributed by atoms with Crippen molar-refractivity contribution in [3.63, 3.8) is 0 Å². The van der Waals surface area contributed by atoms with E-state index in [4.69, 9.17) is 0 Å². The molecule has 1 aromatic carbocycles. The van der Waals surface area contributed by atoms with Crippen LogP contribution in [0.2, 0.25) is 0 Å². The first-order chi connectivity index (χ1) is 8.63. The second-order valence-corrected chi connectivity index (χ2v) is 5.04. The molecule has 1 N–H and O–H groups in total. The summed E-state index contributed by atoms with van der Waals surface area (Å²) < 4.78 is 12.7. The summed E-state index contributed by atoms with van der Waals surface area (Å²) in [4.78, 5) is 14.0. The van der Waals surface area contributed by atoms with E-state index in [9.17, 15) is 9.18 Å². The highest BCUT2D eigenvalue weighted by atomic mass is 19.1. The van der Waals surface area contributed by atoms with Crippen molar-refractivity contribution in [3.8, 4) is 0 Å². The highest BCUT2D eigenvalue weighted by Gasteiger charge is 2.18. The van der Waals surface area contributed by atoms with E-state index in [0.29, 0.717) is 18.2 Å². The van der Waals surface area contributed by atoms with Gasteiger partial charge in [0, 0.05) is 12.2 Å². The van der Waals surface area contributed by atoms with E-state index in [1.165, 1.54) is 18.6 Å². The second kappa shape index (κ2) is 5.96. The average Bonchev–Trinajstić information content (AvgIpc) is 2.32. The van der Waals surface area contributed by atoms with Gasteiger partial charge in [-0.3, -0.25) is 9.69 Å². The Balaban J connectivity index is 1.83. The summed E-state index contributed by atoms with van der Waals surface area (Å²) in [6.45, 7) is 4.60. The molecule has 0 aromatic heterocycles. The minimum absolute atomic E-state index is 0.0318. The molecule has 1 fully saturated rings. The number of piperidine rings is 1. The predicted octanol–water partition coefficient (Wildman–Crippen LogP) is 2.50. The van der Waals surface area contributed by atoms with Crippen molar-refractivity contribution in [1.29, 1.82) is 0 Å². The summed E-state index contributed by atoms with van der Waals surface area (Å²) in [6.07, 6.45) is 2.40. The number of hydrogen-bond donors (Lipinski definition) is 1. The predicted molar refractivity (Wildman–Crippen MR) is 69.9 cm³/mol. The molecule has 0 bridgehead atoms. The van der Waals surface area contributed by atoms with Crippen molar-refractivity contribution in [2.24, 2.45) is 5.92 Å². The second-order valence-electron chi connectivity index (χ2n) is 5.04. The Morgan fingerprint density at radius 1 is 1.44 bits per heavy atom. The number of hydrogen-bond acceptors (Lipinski definition) is 2. The van der Waals surface area contributed by atoms with Gasteiger partial charge in [0.15, 0.2) is 0 Å². The van der Waals surface area contributed by atoms with E-state index in [0.717, 1.165) is 19.5 Å². The van der Waals surface area contributed by atoms with Gasteiger partial charge >= 0.3 is 0 Å². The van der Waals surface area contributed by atoms with Gasteiger partial charge in [-0.05, 0) is 49.6 Å². The van der Waals surface area contributed by atoms with E-state index in [1.54, 1.807) is 12.1 Å². The Morgan fingerprint density at radius 2 is 2.17 bits per heavy atom. The zero-order valence-electron chi connectivity index (χ0n) is 10.7. The van der Waals surface area contributed by atoms with Gasteiger partial charge in [0.2, 0.25) is 5.91 Å². The largest absolute Gasteiger partial charge is 0.325 e. The van der Waals surface area contributed by atoms with Gasteiger partial charge in [0.25, 0.3) is 0 Å². The number of halogens is 1. The molecule has 1 aromatic rings. The van der Waals surface area contributed by atoms with Gasteiger partial charge in [-0.2, -0.15) is 0 Å². The third kappa shape index (κ3) is 3.81. The van der Waals surface area contributed by atoms with Crippen LogP contribution in [-0.4, -0.2) is 30.4 Å². The first-order valence-electron chi connectivity index (χ1n) is 6.41. The van der Waals surface area contributed by atoms with Crippen LogP contribution < -0.4 is 5.32 Å². The maximum Gasteiger partial charge on any atom is 0.238 e. The van der Waals surface area contributed by atoms with Gasteiger partial charge in [0.05, 0.1) is 6.54 Å². The van der Waals surface area contributed by atoms with E-state index in [2.05, 4.69) is 17.1 Å². The van der Waals surface area contributed by atoms with E-state index < -0.39 is 0 Å². The zero-order valence-corrected chi connectivity index (χ0v) is 10.7. The Labute approximate surface area is 107 Å². The van der Waals surface area contributed by atoms with Gasteiger partial charge in [-0.1, -0.05) is 6.92 Å². The number of benzene rings is 1. The SMILES string of the molecule is C[C@H]1CCCN(CC(=O)Nc2ccc(F)cc2)C1. The summed E-state index contributed by atoms with van der Waals surface area (Å²) >= 11 is 0. The summed E-state index contributed by atoms with van der Waals surface area (Å²) in [5, 5.41) is 2.78. The molecule has 0 unspecified atom stereocenters. The number of amides is 1. The van der Waals surface area contributed by atoms with Crippen LogP contribution in [0.3, 0.4) is 0 Å². The van der Waals surface area contributed by atoms with Crippen molar-refractivity contribution < 1.29 is 9.18 Å². The molecular formula is C14H19FN2O. The van der Waals surface area contributed by atoms with Crippen LogP contribution in [-0.2, 0) is 4.79 Å². The number of nitrogens with one attached hydrogen (secondary N) is 1. The lowest BCUT2D eigenvalue weighted by atomic mass is 10.0. The molecule has 1 atom stereocenters. The lowest BCUT2D eigenvalue weighted by Crippen LogP contribution is -2.39. The fourth-order valence-electron chi connectivity index (χ4n) is 2.37. The standard InChI is InChI=1S/C14H19FN2O/c1-11-3-2-8-17(9-11)10-14(18)16-13-6-4-12(15)5-7-13/h4-7,11H,2-3,8-10H2,1H3,(H,16,18)/t11-/m0/s1. The van der Waals surface area contributed by atoms with E-state index in [1.807, 2.05) is 0 Å². The minimum atomic E-state index is -0.294. The lowest BCUT2D eigenvalue weighted by Gasteiger charge is -2.30. The molecular weight excluding hydrogens is 231 g/mol. The molecule has 1 heterocycles. The fraction of sp³-hybridized carbons (Fsp3) is 0.500. The van der Waals surface area contributed by atoms with E-state index in [-0.39, 0.29) is 11.7 Å². The van der Waals surface area contributed by atoms with Gasteiger partial charge in [-0.25, -0.2) is 4.39 Å². The fourth-order valence-corrected chi connectivity index (χ4v) is 2.37. The van der Waals surface area contributed by atoms with Gasteiger partial charge in [0.1, 0.15) is 5.82 Å². The van der Waals surface area contributed by atoms with Crippen molar-refractivity contribution >= 4 is 11.6 Å². The Hall–Kier alpha value is -1.42. The first-order valence-corrected chi connectivity index (χ1v) is 6.41. The average molecular weight is 250 g/mol. The molecule has 0 radical (unpaired) electrons. The third-order valence-corrected chi connectivity index (χ3v) is 3.24. The maximum atomic E-state index is 12.7. The monoisotopic (exact) mass is 250 g/mol. The molecule has 1 aliphatic rings. The Morgan fingerprint density at radius 3 is 2.83 bits per heavy atom. The van der Waals surface area contributed by atoms with Crippen LogP contribution in [0, 0.1) is 11.7 Å². The number of likely N-dealkylation sites (tertiary alicyclic amines) is 1. The molecule has 1 amide bonds. The molecule has 1 saturated heterocycles. The van der Waals surface area contributed by atoms with E-state index >= 15 is 0 Å². The van der Waals surface area contributed by atoms with Crippen LogP contribution >= 0.6 is 0 Å². The molecule has 98 valence electrons. The minimum Gasteiger partial charge on any atom is -0.325 e. The molecule has 18 heavy (non-hydrogen) atoms. The summed E-state index contributed by atoms with van der Waals surface area (Å²) in [5.41, 5.74) is 0.645. The Kier molecular flexibility index (Phi) is 4.31.